The number of rotatable bonds is 5. The van der Waals surface area contributed by atoms with Gasteiger partial charge in [-0.05, 0) is 37.5 Å². The second-order valence-electron chi connectivity index (χ2n) is 6.31. The fourth-order valence-corrected chi connectivity index (χ4v) is 2.88. The van der Waals surface area contributed by atoms with Crippen molar-refractivity contribution in [3.8, 4) is 5.75 Å². The number of nitrogens with zero attached hydrogens (tertiary/aromatic N) is 1. The number of aryl methyl sites for hydroxylation is 2. The number of amides is 1. The summed E-state index contributed by atoms with van der Waals surface area (Å²) in [7, 11) is 0. The molecule has 0 spiro atoms. The van der Waals surface area contributed by atoms with E-state index in [4.69, 9.17) is 10.5 Å². The maximum absolute atomic E-state index is 12.2. The molecule has 0 aliphatic carbocycles. The molecule has 0 aromatic heterocycles. The van der Waals surface area contributed by atoms with Crippen LogP contribution in [-0.4, -0.2) is 36.0 Å². The number of hydrogen-bond donors (Lipinski definition) is 1. The van der Waals surface area contributed by atoms with Gasteiger partial charge in [-0.15, -0.1) is 12.4 Å². The smallest absolute Gasteiger partial charge is 0.239 e. The van der Waals surface area contributed by atoms with E-state index < -0.39 is 0 Å². The van der Waals surface area contributed by atoms with E-state index in [0.717, 1.165) is 50.1 Å². The molecule has 1 aliphatic rings. The summed E-state index contributed by atoms with van der Waals surface area (Å²) in [6.07, 6.45) is 3.64. The molecule has 0 radical (unpaired) electrons. The lowest BCUT2D eigenvalue weighted by Gasteiger charge is -2.34. The zero-order valence-corrected chi connectivity index (χ0v) is 15.2. The minimum absolute atomic E-state index is 0. The fourth-order valence-electron chi connectivity index (χ4n) is 2.88. The molecular formula is C18H29ClN2O2. The predicted octanol–water partition coefficient (Wildman–Crippen LogP) is 3.22. The topological polar surface area (TPSA) is 55.6 Å². The molecule has 1 saturated heterocycles. The minimum Gasteiger partial charge on any atom is -0.490 e. The summed E-state index contributed by atoms with van der Waals surface area (Å²) in [6, 6.07) is 5.93. The number of halogens is 1. The van der Waals surface area contributed by atoms with Crippen molar-refractivity contribution >= 4 is 18.3 Å². The number of likely N-dealkylation sites (tertiary alicyclic amines) is 1. The molecule has 2 rings (SSSR count). The first-order valence-corrected chi connectivity index (χ1v) is 8.29. The first kappa shape index (κ1) is 19.8. The van der Waals surface area contributed by atoms with Crippen LogP contribution in [-0.2, 0) is 4.79 Å². The van der Waals surface area contributed by atoms with Crippen molar-refractivity contribution in [1.29, 1.82) is 0 Å². The molecule has 1 aromatic carbocycles. The predicted molar refractivity (Wildman–Crippen MR) is 96.3 cm³/mol. The molecule has 1 fully saturated rings. The van der Waals surface area contributed by atoms with Crippen LogP contribution in [0.4, 0.5) is 0 Å². The lowest BCUT2D eigenvalue weighted by molar-refractivity contribution is -0.134. The van der Waals surface area contributed by atoms with Gasteiger partial charge in [-0.25, -0.2) is 0 Å². The van der Waals surface area contributed by atoms with Gasteiger partial charge in [0, 0.05) is 25.9 Å². The van der Waals surface area contributed by atoms with Crippen LogP contribution in [0.15, 0.2) is 18.2 Å². The highest BCUT2D eigenvalue weighted by Gasteiger charge is 2.26. The monoisotopic (exact) mass is 340 g/mol. The standard InChI is InChI=1S/C18H28N2O2.ClH/c1-4-5-16(19)18(21)20-10-8-15(9-11-20)22-17-12-13(2)6-7-14(17)3;/h6-7,12,15-16H,4-5,8-11,19H2,1-3H3;1H. The van der Waals surface area contributed by atoms with Crippen LogP contribution in [0.5, 0.6) is 5.75 Å². The third-order valence-electron chi connectivity index (χ3n) is 4.31. The summed E-state index contributed by atoms with van der Waals surface area (Å²) >= 11 is 0. The molecule has 130 valence electrons. The van der Waals surface area contributed by atoms with E-state index in [-0.39, 0.29) is 30.5 Å². The zero-order valence-electron chi connectivity index (χ0n) is 14.4. The molecule has 1 aliphatic heterocycles. The number of nitrogens with two attached hydrogens (primary N) is 1. The van der Waals surface area contributed by atoms with Crippen LogP contribution in [0, 0.1) is 13.8 Å². The van der Waals surface area contributed by atoms with Gasteiger partial charge >= 0.3 is 0 Å². The van der Waals surface area contributed by atoms with Gasteiger partial charge < -0.3 is 15.4 Å². The van der Waals surface area contributed by atoms with Crippen molar-refractivity contribution in [2.75, 3.05) is 13.1 Å². The fraction of sp³-hybridized carbons (Fsp3) is 0.611. The third-order valence-corrected chi connectivity index (χ3v) is 4.31. The van der Waals surface area contributed by atoms with Crippen molar-refractivity contribution in [2.24, 2.45) is 5.73 Å². The number of carbonyl (C=O) groups is 1. The lowest BCUT2D eigenvalue weighted by atomic mass is 10.0. The van der Waals surface area contributed by atoms with Gasteiger partial charge in [0.25, 0.3) is 0 Å². The molecule has 5 heteroatoms. The van der Waals surface area contributed by atoms with E-state index in [0.29, 0.717) is 0 Å². The molecule has 1 heterocycles. The Morgan fingerprint density at radius 2 is 2.00 bits per heavy atom. The van der Waals surface area contributed by atoms with Crippen LogP contribution in [0.1, 0.15) is 43.7 Å². The average Bonchev–Trinajstić information content (AvgIpc) is 2.51. The second-order valence-corrected chi connectivity index (χ2v) is 6.31. The number of piperidine rings is 1. The van der Waals surface area contributed by atoms with Crippen LogP contribution in [0.3, 0.4) is 0 Å². The van der Waals surface area contributed by atoms with E-state index in [1.54, 1.807) is 0 Å². The van der Waals surface area contributed by atoms with Gasteiger partial charge in [0.15, 0.2) is 0 Å². The largest absolute Gasteiger partial charge is 0.490 e. The Morgan fingerprint density at radius 3 is 2.61 bits per heavy atom. The summed E-state index contributed by atoms with van der Waals surface area (Å²) in [6.45, 7) is 7.68. The van der Waals surface area contributed by atoms with Crippen LogP contribution in [0.2, 0.25) is 0 Å². The van der Waals surface area contributed by atoms with Crippen molar-refractivity contribution in [1.82, 2.24) is 4.90 Å². The summed E-state index contributed by atoms with van der Waals surface area (Å²) in [5.41, 5.74) is 8.30. The lowest BCUT2D eigenvalue weighted by Crippen LogP contribution is -2.48. The Bertz CT molecular complexity index is 514. The molecule has 23 heavy (non-hydrogen) atoms. The highest BCUT2D eigenvalue weighted by atomic mass is 35.5. The SMILES string of the molecule is CCCC(N)C(=O)N1CCC(Oc2cc(C)ccc2C)CC1.Cl. The Hall–Kier alpha value is -1.26. The molecule has 4 nitrogen and oxygen atoms in total. The third kappa shape index (κ3) is 5.40. The number of benzene rings is 1. The van der Waals surface area contributed by atoms with Crippen molar-refractivity contribution in [3.63, 3.8) is 0 Å². The van der Waals surface area contributed by atoms with Crippen molar-refractivity contribution in [2.45, 2.75) is 58.6 Å². The average molecular weight is 341 g/mol. The highest BCUT2D eigenvalue weighted by molar-refractivity contribution is 5.85. The molecule has 0 bridgehead atoms. The number of hydrogen-bond acceptors (Lipinski definition) is 3. The summed E-state index contributed by atoms with van der Waals surface area (Å²) in [5.74, 6) is 1.06. The first-order chi connectivity index (χ1) is 10.5. The van der Waals surface area contributed by atoms with E-state index in [9.17, 15) is 4.79 Å². The van der Waals surface area contributed by atoms with Crippen LogP contribution >= 0.6 is 12.4 Å². The Kier molecular flexibility index (Phi) is 7.86. The molecular weight excluding hydrogens is 312 g/mol. The highest BCUT2D eigenvalue weighted by Crippen LogP contribution is 2.24. The van der Waals surface area contributed by atoms with E-state index in [1.165, 1.54) is 5.56 Å². The molecule has 1 amide bonds. The van der Waals surface area contributed by atoms with Gasteiger partial charge in [-0.3, -0.25) is 4.79 Å². The molecule has 1 atom stereocenters. The van der Waals surface area contributed by atoms with Crippen molar-refractivity contribution < 1.29 is 9.53 Å². The molecule has 2 N–H and O–H groups in total. The number of ether oxygens (including phenoxy) is 1. The van der Waals surface area contributed by atoms with Gasteiger partial charge in [0.1, 0.15) is 11.9 Å². The van der Waals surface area contributed by atoms with E-state index in [2.05, 4.69) is 39.0 Å². The quantitative estimate of drug-likeness (QED) is 0.895. The van der Waals surface area contributed by atoms with E-state index in [1.807, 2.05) is 4.90 Å². The summed E-state index contributed by atoms with van der Waals surface area (Å²) in [4.78, 5) is 14.1. The Labute approximate surface area is 145 Å². The first-order valence-electron chi connectivity index (χ1n) is 8.29. The Balaban J connectivity index is 0.00000264. The molecule has 1 unspecified atom stereocenters. The molecule has 1 aromatic rings. The van der Waals surface area contributed by atoms with Crippen LogP contribution in [0.25, 0.3) is 0 Å². The number of carbonyl (C=O) groups excluding carboxylic acids is 1. The normalized spacial score (nSPS) is 16.6. The van der Waals surface area contributed by atoms with Crippen LogP contribution < -0.4 is 10.5 Å². The summed E-state index contributed by atoms with van der Waals surface area (Å²) < 4.78 is 6.13. The maximum atomic E-state index is 12.2. The maximum Gasteiger partial charge on any atom is 0.239 e. The summed E-state index contributed by atoms with van der Waals surface area (Å²) in [5, 5.41) is 0. The second kappa shape index (κ2) is 9.14. The minimum atomic E-state index is -0.346. The van der Waals surface area contributed by atoms with Gasteiger partial charge in [-0.2, -0.15) is 0 Å². The molecule has 0 saturated carbocycles. The van der Waals surface area contributed by atoms with Crippen molar-refractivity contribution in [3.05, 3.63) is 29.3 Å². The van der Waals surface area contributed by atoms with Gasteiger partial charge in [0.05, 0.1) is 6.04 Å². The van der Waals surface area contributed by atoms with E-state index >= 15 is 0 Å². The Morgan fingerprint density at radius 1 is 1.35 bits per heavy atom. The van der Waals surface area contributed by atoms with Gasteiger partial charge in [0.2, 0.25) is 5.91 Å². The zero-order chi connectivity index (χ0) is 16.1. The van der Waals surface area contributed by atoms with Gasteiger partial charge in [-0.1, -0.05) is 25.5 Å².